The predicted molar refractivity (Wildman–Crippen MR) is 55.3 cm³/mol. The smallest absolute Gasteiger partial charge is 0.127 e. The van der Waals surface area contributed by atoms with E-state index in [9.17, 15) is 0 Å². The monoisotopic (exact) mass is 189 g/mol. The second-order valence-corrected chi connectivity index (χ2v) is 3.55. The Morgan fingerprint density at radius 1 is 1.29 bits per heavy atom. The van der Waals surface area contributed by atoms with Crippen LogP contribution >= 0.6 is 0 Å². The summed E-state index contributed by atoms with van der Waals surface area (Å²) in [6, 6.07) is 11.5. The van der Waals surface area contributed by atoms with Crippen LogP contribution in [0.1, 0.15) is 12.8 Å². The first-order valence-electron chi connectivity index (χ1n) is 5.18. The molecule has 74 valence electrons. The van der Waals surface area contributed by atoms with Crippen LogP contribution in [0.5, 0.6) is 5.75 Å². The third-order valence-electron chi connectivity index (χ3n) is 2.48. The quantitative estimate of drug-likeness (QED) is 0.715. The van der Waals surface area contributed by atoms with Crippen molar-refractivity contribution in [2.75, 3.05) is 26.2 Å². The van der Waals surface area contributed by atoms with Gasteiger partial charge in [0.1, 0.15) is 12.4 Å². The van der Waals surface area contributed by atoms with Crippen LogP contribution in [0, 0.1) is 12.1 Å². The molecule has 1 aromatic carbocycles. The van der Waals surface area contributed by atoms with Crippen molar-refractivity contribution in [2.24, 2.45) is 0 Å². The molecule has 0 bridgehead atoms. The van der Waals surface area contributed by atoms with E-state index in [1.165, 1.54) is 25.9 Å². The van der Waals surface area contributed by atoms with Crippen molar-refractivity contribution in [1.82, 2.24) is 4.90 Å². The van der Waals surface area contributed by atoms with Crippen molar-refractivity contribution in [2.45, 2.75) is 12.8 Å². The highest BCUT2D eigenvalue weighted by Gasteiger charge is 2.10. The number of hydrogen-bond donors (Lipinski definition) is 0. The molecule has 2 nitrogen and oxygen atoms in total. The molecule has 0 amide bonds. The number of likely N-dealkylation sites (tertiary alicyclic amines) is 1. The molecular formula is C12H15NO. The van der Waals surface area contributed by atoms with E-state index in [1.807, 2.05) is 18.2 Å². The Hall–Kier alpha value is -1.02. The van der Waals surface area contributed by atoms with Crippen LogP contribution in [0.3, 0.4) is 0 Å². The second-order valence-electron chi connectivity index (χ2n) is 3.55. The van der Waals surface area contributed by atoms with Gasteiger partial charge in [0, 0.05) is 12.6 Å². The van der Waals surface area contributed by atoms with Crippen molar-refractivity contribution in [1.29, 1.82) is 0 Å². The molecule has 1 aliphatic heterocycles. The summed E-state index contributed by atoms with van der Waals surface area (Å²) >= 11 is 0. The summed E-state index contributed by atoms with van der Waals surface area (Å²) in [6.07, 6.45) is 2.68. The molecule has 0 atom stereocenters. The molecule has 0 saturated carbocycles. The Balaban J connectivity index is 1.67. The average molecular weight is 189 g/mol. The minimum atomic E-state index is 0.758. The summed E-state index contributed by atoms with van der Waals surface area (Å²) in [5.41, 5.74) is 0. The first-order chi connectivity index (χ1) is 6.95. The molecule has 0 aliphatic carbocycles. The maximum Gasteiger partial charge on any atom is 0.127 e. The molecule has 1 aliphatic rings. The minimum absolute atomic E-state index is 0.758. The lowest BCUT2D eigenvalue weighted by atomic mass is 10.3. The zero-order chi connectivity index (χ0) is 9.64. The molecule has 0 aromatic heterocycles. The van der Waals surface area contributed by atoms with E-state index < -0.39 is 0 Å². The van der Waals surface area contributed by atoms with E-state index in [0.717, 1.165) is 18.9 Å². The Kier molecular flexibility index (Phi) is 3.41. The normalized spacial score (nSPS) is 17.1. The van der Waals surface area contributed by atoms with E-state index in [1.54, 1.807) is 0 Å². The summed E-state index contributed by atoms with van der Waals surface area (Å²) in [5.74, 6) is 0.798. The standard InChI is InChI=1S/C12H15NO/c1-2-6-12(7-3-1)14-11-10-13-8-4-5-9-13/h1-2,7H,4-5,8-11H2. The van der Waals surface area contributed by atoms with Gasteiger partial charge in [0.25, 0.3) is 0 Å². The van der Waals surface area contributed by atoms with Gasteiger partial charge in [-0.1, -0.05) is 6.07 Å². The minimum Gasteiger partial charge on any atom is -0.492 e. The molecule has 1 aromatic rings. The summed E-state index contributed by atoms with van der Waals surface area (Å²) in [5, 5.41) is 0. The number of ether oxygens (including phenoxy) is 1. The van der Waals surface area contributed by atoms with Gasteiger partial charge in [-0.05, 0) is 44.1 Å². The van der Waals surface area contributed by atoms with E-state index in [0.29, 0.717) is 0 Å². The van der Waals surface area contributed by atoms with Gasteiger partial charge < -0.3 is 4.74 Å². The molecule has 1 heterocycles. The summed E-state index contributed by atoms with van der Waals surface area (Å²) in [4.78, 5) is 2.44. The van der Waals surface area contributed by atoms with E-state index in [-0.39, 0.29) is 0 Å². The van der Waals surface area contributed by atoms with Crippen molar-refractivity contribution in [3.8, 4) is 5.75 Å². The third kappa shape index (κ3) is 2.74. The predicted octanol–water partition coefficient (Wildman–Crippen LogP) is 1.76. The van der Waals surface area contributed by atoms with Gasteiger partial charge in [0.15, 0.2) is 0 Å². The van der Waals surface area contributed by atoms with Gasteiger partial charge in [-0.25, -0.2) is 0 Å². The zero-order valence-electron chi connectivity index (χ0n) is 8.33. The molecule has 0 spiro atoms. The third-order valence-corrected chi connectivity index (χ3v) is 2.48. The van der Waals surface area contributed by atoms with E-state index in [2.05, 4.69) is 17.0 Å². The fraction of sp³-hybridized carbons (Fsp3) is 0.500. The molecule has 0 N–H and O–H groups in total. The van der Waals surface area contributed by atoms with Gasteiger partial charge >= 0.3 is 0 Å². The van der Waals surface area contributed by atoms with Crippen molar-refractivity contribution in [3.05, 3.63) is 30.3 Å². The van der Waals surface area contributed by atoms with Crippen LogP contribution in [0.2, 0.25) is 0 Å². The first kappa shape index (κ1) is 9.53. The Morgan fingerprint density at radius 3 is 2.86 bits per heavy atom. The van der Waals surface area contributed by atoms with Crippen LogP contribution in [0.25, 0.3) is 0 Å². The van der Waals surface area contributed by atoms with Gasteiger partial charge in [-0.15, -0.1) is 0 Å². The van der Waals surface area contributed by atoms with Gasteiger partial charge in [0.05, 0.1) is 0 Å². The van der Waals surface area contributed by atoms with Gasteiger partial charge in [-0.3, -0.25) is 4.90 Å². The van der Waals surface area contributed by atoms with Crippen molar-refractivity contribution in [3.63, 3.8) is 0 Å². The average Bonchev–Trinajstić information content (AvgIpc) is 2.72. The Morgan fingerprint density at radius 2 is 2.14 bits per heavy atom. The highest BCUT2D eigenvalue weighted by molar-refractivity contribution is 5.18. The van der Waals surface area contributed by atoms with Crippen LogP contribution in [0.4, 0.5) is 0 Å². The van der Waals surface area contributed by atoms with Crippen LogP contribution < -0.4 is 4.74 Å². The largest absolute Gasteiger partial charge is 0.492 e. The topological polar surface area (TPSA) is 12.5 Å². The van der Waals surface area contributed by atoms with Crippen LogP contribution in [0.15, 0.2) is 18.2 Å². The van der Waals surface area contributed by atoms with E-state index in [4.69, 9.17) is 4.74 Å². The highest BCUT2D eigenvalue weighted by Crippen LogP contribution is 2.09. The lowest BCUT2D eigenvalue weighted by Crippen LogP contribution is -2.25. The summed E-state index contributed by atoms with van der Waals surface area (Å²) in [7, 11) is 0. The number of nitrogens with zero attached hydrogens (tertiary/aromatic N) is 1. The summed E-state index contributed by atoms with van der Waals surface area (Å²) < 4.78 is 5.54. The number of hydrogen-bond acceptors (Lipinski definition) is 2. The maximum absolute atomic E-state index is 5.54. The SMILES string of the molecule is [c]1cc[c]c(OCCN2CCCC2)c1. The van der Waals surface area contributed by atoms with E-state index >= 15 is 0 Å². The lowest BCUT2D eigenvalue weighted by Gasteiger charge is -2.14. The molecular weight excluding hydrogens is 174 g/mol. The molecule has 2 radical (unpaired) electrons. The highest BCUT2D eigenvalue weighted by atomic mass is 16.5. The van der Waals surface area contributed by atoms with Crippen molar-refractivity contribution < 1.29 is 4.74 Å². The molecule has 2 rings (SSSR count). The van der Waals surface area contributed by atoms with Gasteiger partial charge in [-0.2, -0.15) is 0 Å². The first-order valence-corrected chi connectivity index (χ1v) is 5.18. The molecule has 14 heavy (non-hydrogen) atoms. The number of rotatable bonds is 4. The maximum atomic E-state index is 5.54. The van der Waals surface area contributed by atoms with Crippen LogP contribution in [-0.2, 0) is 0 Å². The summed E-state index contributed by atoms with van der Waals surface area (Å²) in [6.45, 7) is 4.25. The molecule has 1 saturated heterocycles. The Bertz CT molecular complexity index is 254. The molecule has 0 unspecified atom stereocenters. The number of benzene rings is 1. The van der Waals surface area contributed by atoms with Crippen molar-refractivity contribution >= 4 is 0 Å². The van der Waals surface area contributed by atoms with Crippen LogP contribution in [-0.4, -0.2) is 31.1 Å². The Labute approximate surface area is 85.5 Å². The zero-order valence-corrected chi connectivity index (χ0v) is 8.33. The lowest BCUT2D eigenvalue weighted by molar-refractivity contribution is 0.237. The van der Waals surface area contributed by atoms with Gasteiger partial charge in [0.2, 0.25) is 0 Å². The fourth-order valence-electron chi connectivity index (χ4n) is 1.71. The fourth-order valence-corrected chi connectivity index (χ4v) is 1.71. The molecule has 2 heteroatoms. The second kappa shape index (κ2) is 5.01. The molecule has 1 fully saturated rings.